The first kappa shape index (κ1) is 23.3. The van der Waals surface area contributed by atoms with Crippen LogP contribution < -0.4 is 5.32 Å². The average molecular weight is 486 g/mol. The van der Waals surface area contributed by atoms with E-state index in [1.54, 1.807) is 6.07 Å². The number of halogens is 3. The molecular formula is C24H26F3N7O. The number of carbonyl (C=O) groups excluding carboxylic acids is 1. The van der Waals surface area contributed by atoms with Gasteiger partial charge in [0, 0.05) is 31.0 Å². The largest absolute Gasteiger partial charge is 0.417 e. The van der Waals surface area contributed by atoms with Crippen molar-refractivity contribution in [1.29, 1.82) is 0 Å². The molecule has 3 atom stereocenters. The second-order valence-electron chi connectivity index (χ2n) is 9.39. The fourth-order valence-electron chi connectivity index (χ4n) is 4.59. The molecule has 0 spiro atoms. The number of pyridine rings is 2. The molecule has 184 valence electrons. The third-order valence-corrected chi connectivity index (χ3v) is 6.83. The summed E-state index contributed by atoms with van der Waals surface area (Å²) < 4.78 is 38.5. The van der Waals surface area contributed by atoms with Crippen LogP contribution in [-0.2, 0) is 6.18 Å². The first-order chi connectivity index (χ1) is 16.6. The number of aryl methyl sites for hydroxylation is 3. The lowest BCUT2D eigenvalue weighted by Gasteiger charge is -2.35. The molecule has 2 aliphatic rings. The number of hydrogen-bond donors (Lipinski definition) is 1. The first-order valence-electron chi connectivity index (χ1n) is 11.6. The monoisotopic (exact) mass is 485 g/mol. The van der Waals surface area contributed by atoms with Crippen LogP contribution in [0.1, 0.15) is 46.0 Å². The molecule has 0 bridgehead atoms. The number of nitrogens with zero attached hydrogens (tertiary/aromatic N) is 6. The highest BCUT2D eigenvalue weighted by Crippen LogP contribution is 2.47. The van der Waals surface area contributed by atoms with Crippen LogP contribution in [0.4, 0.5) is 19.0 Å². The SMILES string of the molecule is Cc1ccc(-n2nc(C)c(C)n2)c(C(=O)N2C[C@@H]3C[C@@H]3C[C@H]2CNc2ccc(C(F)(F)F)cn2)n1. The molecule has 1 saturated carbocycles. The van der Waals surface area contributed by atoms with E-state index in [1.165, 1.54) is 10.9 Å². The molecular weight excluding hydrogens is 459 g/mol. The molecule has 5 rings (SSSR count). The van der Waals surface area contributed by atoms with Gasteiger partial charge in [-0.3, -0.25) is 4.79 Å². The summed E-state index contributed by atoms with van der Waals surface area (Å²) >= 11 is 0. The summed E-state index contributed by atoms with van der Waals surface area (Å²) in [5.41, 5.74) is 2.27. The third kappa shape index (κ3) is 4.71. The summed E-state index contributed by atoms with van der Waals surface area (Å²) in [4.78, 5) is 25.5. The Morgan fingerprint density at radius 3 is 2.46 bits per heavy atom. The Bertz CT molecular complexity index is 1240. The minimum absolute atomic E-state index is 0.139. The van der Waals surface area contributed by atoms with Crippen molar-refractivity contribution >= 4 is 11.7 Å². The van der Waals surface area contributed by atoms with Crippen molar-refractivity contribution in [2.45, 2.75) is 45.8 Å². The van der Waals surface area contributed by atoms with Gasteiger partial charge in [0.05, 0.1) is 17.0 Å². The predicted molar refractivity (Wildman–Crippen MR) is 122 cm³/mol. The van der Waals surface area contributed by atoms with E-state index in [-0.39, 0.29) is 17.6 Å². The molecule has 0 aromatic carbocycles. The molecule has 4 heterocycles. The standard InChI is InChI=1S/C24H26F3N7O/c1-13-4-6-20(34-31-14(2)15(3)32-34)22(30-13)23(35)33-12-17-8-16(17)9-19(33)11-29-21-7-5-18(10-28-21)24(25,26)27/h4-7,10,16-17,19H,8-9,11-12H2,1-3H3,(H,28,29)/t16-,17+,19+/m1/s1. The number of hydrogen-bond acceptors (Lipinski definition) is 6. The number of piperidine rings is 1. The summed E-state index contributed by atoms with van der Waals surface area (Å²) in [5, 5.41) is 12.0. The number of nitrogens with one attached hydrogen (secondary N) is 1. The van der Waals surface area contributed by atoms with Gasteiger partial charge in [0.25, 0.3) is 5.91 Å². The van der Waals surface area contributed by atoms with Gasteiger partial charge in [-0.25, -0.2) is 9.97 Å². The fourth-order valence-corrected chi connectivity index (χ4v) is 4.59. The van der Waals surface area contributed by atoms with Gasteiger partial charge < -0.3 is 10.2 Å². The molecule has 35 heavy (non-hydrogen) atoms. The first-order valence-corrected chi connectivity index (χ1v) is 11.6. The number of amides is 1. The van der Waals surface area contributed by atoms with E-state index in [2.05, 4.69) is 25.5 Å². The fraction of sp³-hybridized carbons (Fsp3) is 0.458. The predicted octanol–water partition coefficient (Wildman–Crippen LogP) is 3.96. The van der Waals surface area contributed by atoms with Crippen molar-refractivity contribution in [3.8, 4) is 5.69 Å². The number of alkyl halides is 3. The van der Waals surface area contributed by atoms with E-state index in [0.717, 1.165) is 36.5 Å². The summed E-state index contributed by atoms with van der Waals surface area (Å²) in [6, 6.07) is 5.80. The number of aromatic nitrogens is 5. The summed E-state index contributed by atoms with van der Waals surface area (Å²) in [6.07, 6.45) is -1.72. The number of fused-ring (bicyclic) bond motifs is 1. The molecule has 1 aliphatic carbocycles. The van der Waals surface area contributed by atoms with Gasteiger partial charge in [-0.1, -0.05) is 0 Å². The molecule has 0 radical (unpaired) electrons. The molecule has 1 aliphatic heterocycles. The van der Waals surface area contributed by atoms with Crippen molar-refractivity contribution in [3.63, 3.8) is 0 Å². The lowest BCUT2D eigenvalue weighted by Crippen LogP contribution is -2.48. The minimum atomic E-state index is -4.43. The van der Waals surface area contributed by atoms with E-state index in [0.29, 0.717) is 42.1 Å². The van der Waals surface area contributed by atoms with Crippen LogP contribution in [0.5, 0.6) is 0 Å². The normalized spacial score (nSPS) is 21.5. The van der Waals surface area contributed by atoms with Crippen LogP contribution >= 0.6 is 0 Å². The number of carbonyl (C=O) groups is 1. The summed E-state index contributed by atoms with van der Waals surface area (Å²) in [5.74, 6) is 1.17. The Hall–Kier alpha value is -3.50. The maximum atomic E-state index is 13.8. The molecule has 11 heteroatoms. The van der Waals surface area contributed by atoms with Crippen LogP contribution in [-0.4, -0.2) is 54.9 Å². The van der Waals surface area contributed by atoms with Gasteiger partial charge in [-0.15, -0.1) is 4.80 Å². The summed E-state index contributed by atoms with van der Waals surface area (Å²) in [7, 11) is 0. The van der Waals surface area contributed by atoms with E-state index < -0.39 is 11.7 Å². The Kier molecular flexibility index (Phi) is 5.72. The Morgan fingerprint density at radius 1 is 1.06 bits per heavy atom. The summed E-state index contributed by atoms with van der Waals surface area (Å²) in [6.45, 7) is 6.55. The van der Waals surface area contributed by atoms with Crippen molar-refractivity contribution in [2.24, 2.45) is 11.8 Å². The van der Waals surface area contributed by atoms with Gasteiger partial charge in [0.2, 0.25) is 0 Å². The number of rotatable bonds is 5. The van der Waals surface area contributed by atoms with Gasteiger partial charge >= 0.3 is 6.18 Å². The lowest BCUT2D eigenvalue weighted by molar-refractivity contribution is -0.137. The van der Waals surface area contributed by atoms with E-state index in [9.17, 15) is 18.0 Å². The molecule has 2 fully saturated rings. The highest BCUT2D eigenvalue weighted by Gasteiger charge is 2.47. The molecule has 1 N–H and O–H groups in total. The quantitative estimate of drug-likeness (QED) is 0.589. The molecule has 3 aromatic heterocycles. The maximum absolute atomic E-state index is 13.8. The van der Waals surface area contributed by atoms with E-state index >= 15 is 0 Å². The van der Waals surface area contributed by atoms with Gasteiger partial charge in [0.15, 0.2) is 5.69 Å². The lowest BCUT2D eigenvalue weighted by atomic mass is 10.0. The molecule has 1 amide bonds. The Labute approximate surface area is 200 Å². The van der Waals surface area contributed by atoms with Gasteiger partial charge in [-0.2, -0.15) is 23.4 Å². The van der Waals surface area contributed by atoms with Crippen molar-refractivity contribution in [1.82, 2.24) is 29.9 Å². The van der Waals surface area contributed by atoms with E-state index in [4.69, 9.17) is 0 Å². The topological polar surface area (TPSA) is 88.8 Å². The molecule has 8 nitrogen and oxygen atoms in total. The highest BCUT2D eigenvalue weighted by molar-refractivity contribution is 5.96. The highest BCUT2D eigenvalue weighted by atomic mass is 19.4. The van der Waals surface area contributed by atoms with Gasteiger partial charge in [0.1, 0.15) is 11.5 Å². The maximum Gasteiger partial charge on any atom is 0.417 e. The zero-order valence-corrected chi connectivity index (χ0v) is 19.7. The van der Waals surface area contributed by atoms with Crippen LogP contribution in [0.15, 0.2) is 30.5 Å². The molecule has 1 saturated heterocycles. The van der Waals surface area contributed by atoms with Crippen molar-refractivity contribution in [3.05, 3.63) is 58.8 Å². The second-order valence-corrected chi connectivity index (χ2v) is 9.39. The van der Waals surface area contributed by atoms with Crippen molar-refractivity contribution in [2.75, 3.05) is 18.4 Å². The molecule has 0 unspecified atom stereocenters. The number of anilines is 1. The van der Waals surface area contributed by atoms with Crippen LogP contribution in [0, 0.1) is 32.6 Å². The van der Waals surface area contributed by atoms with Crippen LogP contribution in [0.25, 0.3) is 5.69 Å². The Morgan fingerprint density at radius 2 is 1.80 bits per heavy atom. The average Bonchev–Trinajstić information content (AvgIpc) is 3.51. The second kappa shape index (κ2) is 8.62. The smallest absolute Gasteiger partial charge is 0.368 e. The van der Waals surface area contributed by atoms with E-state index in [1.807, 2.05) is 31.7 Å². The number of likely N-dealkylation sites (tertiary alicyclic amines) is 1. The zero-order valence-electron chi connectivity index (χ0n) is 19.7. The minimum Gasteiger partial charge on any atom is -0.368 e. The van der Waals surface area contributed by atoms with Crippen molar-refractivity contribution < 1.29 is 18.0 Å². The zero-order chi connectivity index (χ0) is 24.9. The molecule has 3 aromatic rings. The van der Waals surface area contributed by atoms with Gasteiger partial charge in [-0.05, 0) is 69.7 Å². The third-order valence-electron chi connectivity index (χ3n) is 6.83. The Balaban J connectivity index is 1.38. The van der Waals surface area contributed by atoms with Crippen LogP contribution in [0.2, 0.25) is 0 Å². The van der Waals surface area contributed by atoms with Crippen LogP contribution in [0.3, 0.4) is 0 Å².